The van der Waals surface area contributed by atoms with Crippen molar-refractivity contribution in [3.63, 3.8) is 0 Å². The molecule has 2 aromatic heterocycles. The molecule has 12 heteroatoms. The second-order valence-corrected chi connectivity index (χ2v) is 12.1. The summed E-state index contributed by atoms with van der Waals surface area (Å²) in [5, 5.41) is 4.30. The molecule has 0 aliphatic heterocycles. The largest absolute Gasteiger partial charge is 0.417 e. The summed E-state index contributed by atoms with van der Waals surface area (Å²) in [5.41, 5.74) is 4.65. The van der Waals surface area contributed by atoms with E-state index in [0.29, 0.717) is 24.3 Å². The fraction of sp³-hybridized carbons (Fsp3) is 0.222. The Kier molecular flexibility index (Phi) is 8.98. The molecular formula is C36H29ClF3N5O3. The lowest BCUT2D eigenvalue weighted by molar-refractivity contribution is -0.137. The molecule has 7 rings (SSSR count). The number of hydrogen-bond donors (Lipinski definition) is 1. The summed E-state index contributed by atoms with van der Waals surface area (Å²) >= 11 is 5.65. The number of rotatable bonds is 5. The van der Waals surface area contributed by atoms with Crippen LogP contribution in [0.1, 0.15) is 46.8 Å². The molecule has 2 aliphatic rings. The maximum Gasteiger partial charge on any atom is 0.417 e. The van der Waals surface area contributed by atoms with Crippen LogP contribution >= 0.6 is 11.6 Å². The van der Waals surface area contributed by atoms with Crippen molar-refractivity contribution in [2.24, 2.45) is 5.92 Å². The van der Waals surface area contributed by atoms with Gasteiger partial charge in [0.1, 0.15) is 17.6 Å². The normalized spacial score (nSPS) is 16.5. The number of ketones is 2. The Labute approximate surface area is 278 Å². The van der Waals surface area contributed by atoms with Crippen LogP contribution < -0.4 is 15.8 Å². The first-order valence-electron chi connectivity index (χ1n) is 15.2. The van der Waals surface area contributed by atoms with E-state index in [9.17, 15) is 27.6 Å². The maximum absolute atomic E-state index is 12.7. The zero-order chi connectivity index (χ0) is 34.2. The lowest BCUT2D eigenvalue weighted by Crippen LogP contribution is -2.40. The van der Waals surface area contributed by atoms with Gasteiger partial charge in [0.2, 0.25) is 5.91 Å². The van der Waals surface area contributed by atoms with Crippen molar-refractivity contribution in [3.8, 4) is 11.1 Å². The molecule has 5 aromatic rings. The topological polar surface area (TPSA) is 107 Å². The summed E-state index contributed by atoms with van der Waals surface area (Å²) in [7, 11) is 0. The van der Waals surface area contributed by atoms with Crippen LogP contribution in [-0.2, 0) is 28.7 Å². The van der Waals surface area contributed by atoms with E-state index in [0.717, 1.165) is 50.3 Å². The first kappa shape index (κ1) is 32.8. The monoisotopic (exact) mass is 671 g/mol. The predicted molar refractivity (Wildman–Crippen MR) is 175 cm³/mol. The van der Waals surface area contributed by atoms with E-state index in [-0.39, 0.29) is 35.7 Å². The summed E-state index contributed by atoms with van der Waals surface area (Å²) in [5.74, 6) is -0.241. The van der Waals surface area contributed by atoms with Crippen molar-refractivity contribution in [2.75, 3.05) is 6.54 Å². The average Bonchev–Trinajstić information content (AvgIpc) is 3.46. The van der Waals surface area contributed by atoms with E-state index in [1.807, 2.05) is 56.3 Å². The fourth-order valence-corrected chi connectivity index (χ4v) is 6.38. The molecule has 0 radical (unpaired) electrons. The van der Waals surface area contributed by atoms with Gasteiger partial charge >= 0.3 is 6.18 Å². The Morgan fingerprint density at radius 3 is 2.50 bits per heavy atom. The maximum atomic E-state index is 12.7. The van der Waals surface area contributed by atoms with Crippen LogP contribution in [0, 0.1) is 5.92 Å². The van der Waals surface area contributed by atoms with E-state index in [4.69, 9.17) is 11.6 Å². The van der Waals surface area contributed by atoms with Gasteiger partial charge in [-0.1, -0.05) is 74.0 Å². The van der Waals surface area contributed by atoms with Crippen LogP contribution in [0.2, 0.25) is 5.02 Å². The van der Waals surface area contributed by atoms with Gasteiger partial charge in [0.05, 0.1) is 29.5 Å². The molecule has 3 aromatic carbocycles. The molecule has 2 aliphatic carbocycles. The van der Waals surface area contributed by atoms with Gasteiger partial charge in [-0.15, -0.1) is 0 Å². The number of benzene rings is 3. The SMILES string of the molecule is CC1C=c2c(ccc3c2=CC(=O)c2ccccc2-3)C(C)C1=O.O=C(Cc1ccc(C(F)(F)F)c(Cl)c1)NCCn1cnc2ncncc21. The Hall–Kier alpha value is -5.16. The van der Waals surface area contributed by atoms with E-state index in [1.165, 1.54) is 12.4 Å². The quantitative estimate of drug-likeness (QED) is 0.272. The zero-order valence-corrected chi connectivity index (χ0v) is 26.6. The summed E-state index contributed by atoms with van der Waals surface area (Å²) in [6.45, 7) is 4.67. The molecule has 0 saturated carbocycles. The third kappa shape index (κ3) is 6.50. The van der Waals surface area contributed by atoms with Crippen LogP contribution in [0.15, 0.2) is 73.4 Å². The highest BCUT2D eigenvalue weighted by Crippen LogP contribution is 2.35. The van der Waals surface area contributed by atoms with Gasteiger partial charge in [-0.2, -0.15) is 13.2 Å². The fourth-order valence-electron chi connectivity index (χ4n) is 6.07. The van der Waals surface area contributed by atoms with Gasteiger partial charge < -0.3 is 9.88 Å². The molecule has 0 spiro atoms. The molecule has 0 fully saturated rings. The van der Waals surface area contributed by atoms with E-state index in [2.05, 4.69) is 20.3 Å². The highest BCUT2D eigenvalue weighted by atomic mass is 35.5. The van der Waals surface area contributed by atoms with E-state index in [1.54, 1.807) is 23.2 Å². The second-order valence-electron chi connectivity index (χ2n) is 11.7. The Bertz CT molecular complexity index is 2210. The number of fused-ring (bicyclic) bond motifs is 6. The van der Waals surface area contributed by atoms with Crippen LogP contribution in [0.5, 0.6) is 0 Å². The molecule has 48 heavy (non-hydrogen) atoms. The number of alkyl halides is 3. The standard InChI is InChI=1S/C20H16O2.C16H13ClF3N5O/c1-11-9-17-13(12(2)20(11)22)7-8-15-14-5-3-4-6-16(14)19(21)10-18(15)17;17-12-5-10(1-2-11(12)16(18,19)20)6-14(26)22-3-4-25-9-24-15-13(25)7-21-8-23-15/h3-12H,1-2H3;1-2,5,7-9H,3-4,6H2,(H,22,26). The molecule has 0 bridgehead atoms. The highest BCUT2D eigenvalue weighted by molar-refractivity contribution is 6.31. The minimum absolute atomic E-state index is 0.0436. The van der Waals surface area contributed by atoms with Crippen LogP contribution in [0.4, 0.5) is 13.2 Å². The Morgan fingerprint density at radius 2 is 1.75 bits per heavy atom. The van der Waals surface area contributed by atoms with Crippen molar-refractivity contribution < 1.29 is 27.6 Å². The smallest absolute Gasteiger partial charge is 0.354 e. The van der Waals surface area contributed by atoms with Crippen molar-refractivity contribution >= 4 is 52.4 Å². The number of nitrogens with zero attached hydrogens (tertiary/aromatic N) is 4. The van der Waals surface area contributed by atoms with Gasteiger partial charge in [-0.05, 0) is 50.9 Å². The van der Waals surface area contributed by atoms with Gasteiger partial charge in [0, 0.05) is 30.5 Å². The minimum atomic E-state index is -4.52. The van der Waals surface area contributed by atoms with Gasteiger partial charge in [-0.3, -0.25) is 14.4 Å². The third-order valence-electron chi connectivity index (χ3n) is 8.52. The molecule has 0 saturated heterocycles. The highest BCUT2D eigenvalue weighted by Gasteiger charge is 2.33. The number of carbonyl (C=O) groups is 3. The summed E-state index contributed by atoms with van der Waals surface area (Å²) in [6.07, 6.45) is 3.77. The van der Waals surface area contributed by atoms with Gasteiger partial charge in [-0.25, -0.2) is 15.0 Å². The third-order valence-corrected chi connectivity index (χ3v) is 8.83. The van der Waals surface area contributed by atoms with E-state index >= 15 is 0 Å². The molecule has 8 nitrogen and oxygen atoms in total. The van der Waals surface area contributed by atoms with Crippen molar-refractivity contribution in [1.29, 1.82) is 0 Å². The van der Waals surface area contributed by atoms with Crippen LogP contribution in [0.25, 0.3) is 34.4 Å². The molecule has 2 unspecified atom stereocenters. The number of carbonyl (C=O) groups excluding carboxylic acids is 3. The van der Waals surface area contributed by atoms with Crippen molar-refractivity contribution in [3.05, 3.63) is 111 Å². The lowest BCUT2D eigenvalue weighted by Gasteiger charge is -2.23. The number of hydrogen-bond acceptors (Lipinski definition) is 6. The van der Waals surface area contributed by atoms with Crippen molar-refractivity contribution in [1.82, 2.24) is 24.8 Å². The first-order chi connectivity index (χ1) is 22.9. The van der Waals surface area contributed by atoms with Gasteiger partial charge in [0.15, 0.2) is 11.4 Å². The number of amides is 1. The number of Topliss-reactive ketones (excluding diaryl/α,β-unsaturated/α-hetero) is 2. The Morgan fingerprint density at radius 1 is 0.979 bits per heavy atom. The minimum Gasteiger partial charge on any atom is -0.354 e. The van der Waals surface area contributed by atoms with Gasteiger partial charge in [0.25, 0.3) is 0 Å². The average molecular weight is 672 g/mol. The summed E-state index contributed by atoms with van der Waals surface area (Å²) in [6, 6.07) is 15.1. The Balaban J connectivity index is 0.000000169. The predicted octanol–water partition coefficient (Wildman–Crippen LogP) is 5.29. The molecule has 244 valence electrons. The molecule has 2 atom stereocenters. The van der Waals surface area contributed by atoms with Crippen LogP contribution in [-0.4, -0.2) is 43.5 Å². The lowest BCUT2D eigenvalue weighted by atomic mass is 9.79. The second kappa shape index (κ2) is 13.2. The molecular weight excluding hydrogens is 643 g/mol. The first-order valence-corrected chi connectivity index (χ1v) is 15.6. The molecule has 2 heterocycles. The van der Waals surface area contributed by atoms with Crippen LogP contribution in [0.3, 0.4) is 0 Å². The summed E-state index contributed by atoms with van der Waals surface area (Å²) < 4.78 is 39.8. The zero-order valence-electron chi connectivity index (χ0n) is 25.9. The molecule has 1 N–H and O–H groups in total. The van der Waals surface area contributed by atoms with E-state index < -0.39 is 16.8 Å². The summed E-state index contributed by atoms with van der Waals surface area (Å²) in [4.78, 5) is 48.7. The molecule has 1 amide bonds. The number of nitrogens with one attached hydrogen (secondary N) is 1. The number of aromatic nitrogens is 4. The number of imidazole rings is 1. The van der Waals surface area contributed by atoms with Crippen molar-refractivity contribution in [2.45, 2.75) is 38.9 Å². The number of halogens is 4.